The molecule has 162 valence electrons. The molecular weight excluding hydrogens is 398 g/mol. The number of methoxy groups -OCH3 is 1. The lowest BCUT2D eigenvalue weighted by Gasteiger charge is -2.19. The third-order valence-corrected chi connectivity index (χ3v) is 5.28. The molecule has 4 rings (SSSR count). The lowest BCUT2D eigenvalue weighted by Crippen LogP contribution is -2.30. The van der Waals surface area contributed by atoms with E-state index in [9.17, 15) is 9.59 Å². The molecule has 31 heavy (non-hydrogen) atoms. The number of rotatable bonds is 8. The second kappa shape index (κ2) is 8.21. The van der Waals surface area contributed by atoms with Crippen molar-refractivity contribution in [3.05, 3.63) is 42.1 Å². The zero-order valence-corrected chi connectivity index (χ0v) is 17.8. The molecule has 0 spiro atoms. The summed E-state index contributed by atoms with van der Waals surface area (Å²) in [4.78, 5) is 34.7. The molecule has 0 aliphatic carbocycles. The van der Waals surface area contributed by atoms with E-state index in [4.69, 9.17) is 10.5 Å². The van der Waals surface area contributed by atoms with Crippen LogP contribution in [-0.2, 0) is 17.9 Å². The van der Waals surface area contributed by atoms with Gasteiger partial charge >= 0.3 is 0 Å². The van der Waals surface area contributed by atoms with Crippen molar-refractivity contribution in [2.45, 2.75) is 45.8 Å². The van der Waals surface area contributed by atoms with Gasteiger partial charge in [-0.15, -0.1) is 0 Å². The fourth-order valence-corrected chi connectivity index (χ4v) is 3.68. The predicted octanol–water partition coefficient (Wildman–Crippen LogP) is 1.77. The monoisotopic (exact) mass is 423 g/mol. The van der Waals surface area contributed by atoms with Crippen LogP contribution in [0.25, 0.3) is 17.1 Å². The van der Waals surface area contributed by atoms with E-state index < -0.39 is 0 Å². The molecule has 2 amide bonds. The Labute approximate surface area is 179 Å². The second-order valence-corrected chi connectivity index (χ2v) is 7.72. The zero-order valence-electron chi connectivity index (χ0n) is 17.8. The van der Waals surface area contributed by atoms with Crippen molar-refractivity contribution in [3.63, 3.8) is 0 Å². The Morgan fingerprint density at radius 2 is 2.13 bits per heavy atom. The minimum Gasteiger partial charge on any atom is -0.480 e. The third kappa shape index (κ3) is 3.88. The summed E-state index contributed by atoms with van der Waals surface area (Å²) in [5.41, 5.74) is 7.90. The molecular formula is C21H25N7O3. The summed E-state index contributed by atoms with van der Waals surface area (Å²) in [6.45, 7) is 5.01. The largest absolute Gasteiger partial charge is 0.480 e. The van der Waals surface area contributed by atoms with Gasteiger partial charge in [0.25, 0.3) is 5.91 Å². The first-order valence-corrected chi connectivity index (χ1v) is 10.1. The summed E-state index contributed by atoms with van der Waals surface area (Å²) < 4.78 is 9.16. The molecule has 10 heteroatoms. The SMILES string of the molecule is COc1nc2c(cc1-c1nccn1-c1cnn(CCCC(N)=O)c1)C(=O)N(C(C)C)C2. The van der Waals surface area contributed by atoms with Crippen LogP contribution in [0, 0.1) is 0 Å². The Hall–Kier alpha value is -3.69. The van der Waals surface area contributed by atoms with Crippen LogP contribution in [-0.4, -0.2) is 54.2 Å². The molecule has 1 aliphatic rings. The standard InChI is InChI=1S/C21H25N7O3/c1-13(2)28-12-17-15(21(28)30)9-16(20(25-17)31-3)19-23-6-8-27(19)14-10-24-26(11-14)7-4-5-18(22)29/h6,8-11,13H,4-5,7,12H2,1-3H3,(H2,22,29). The van der Waals surface area contributed by atoms with Crippen LogP contribution >= 0.6 is 0 Å². The normalized spacial score (nSPS) is 13.2. The van der Waals surface area contributed by atoms with Crippen molar-refractivity contribution in [1.29, 1.82) is 0 Å². The minimum atomic E-state index is -0.328. The van der Waals surface area contributed by atoms with Gasteiger partial charge in [0.2, 0.25) is 11.8 Å². The molecule has 0 bridgehead atoms. The Morgan fingerprint density at radius 3 is 2.84 bits per heavy atom. The predicted molar refractivity (Wildman–Crippen MR) is 113 cm³/mol. The maximum absolute atomic E-state index is 12.8. The van der Waals surface area contributed by atoms with Crippen LogP contribution in [0.5, 0.6) is 5.88 Å². The van der Waals surface area contributed by atoms with E-state index in [0.29, 0.717) is 54.5 Å². The average Bonchev–Trinajstić information content (AvgIpc) is 3.45. The number of fused-ring (bicyclic) bond motifs is 1. The maximum atomic E-state index is 12.8. The number of hydrogen-bond donors (Lipinski definition) is 1. The first kappa shape index (κ1) is 20.6. The van der Waals surface area contributed by atoms with Crippen LogP contribution in [0.1, 0.15) is 42.7 Å². The lowest BCUT2D eigenvalue weighted by atomic mass is 10.1. The van der Waals surface area contributed by atoms with Crippen LogP contribution in [0.3, 0.4) is 0 Å². The van der Waals surface area contributed by atoms with Gasteiger partial charge in [-0.1, -0.05) is 0 Å². The van der Waals surface area contributed by atoms with Crippen LogP contribution < -0.4 is 10.5 Å². The molecule has 10 nitrogen and oxygen atoms in total. The first-order valence-electron chi connectivity index (χ1n) is 10.1. The van der Waals surface area contributed by atoms with Crippen LogP contribution in [0.15, 0.2) is 30.9 Å². The zero-order chi connectivity index (χ0) is 22.1. The molecule has 4 heterocycles. The van der Waals surface area contributed by atoms with E-state index in [1.54, 1.807) is 29.1 Å². The van der Waals surface area contributed by atoms with E-state index in [1.807, 2.05) is 36.9 Å². The number of pyridine rings is 1. The van der Waals surface area contributed by atoms with Crippen molar-refractivity contribution < 1.29 is 14.3 Å². The number of nitrogens with two attached hydrogens (primary N) is 1. The number of amides is 2. The maximum Gasteiger partial charge on any atom is 0.256 e. The van der Waals surface area contributed by atoms with Crippen molar-refractivity contribution in [2.75, 3.05) is 7.11 Å². The summed E-state index contributed by atoms with van der Waals surface area (Å²) in [6, 6.07) is 1.89. The van der Waals surface area contributed by atoms with E-state index in [-0.39, 0.29) is 17.9 Å². The molecule has 0 radical (unpaired) electrons. The number of carbonyl (C=O) groups excluding carboxylic acids is 2. The summed E-state index contributed by atoms with van der Waals surface area (Å²) in [5, 5.41) is 4.35. The number of carbonyl (C=O) groups is 2. The van der Waals surface area contributed by atoms with Gasteiger partial charge in [0, 0.05) is 37.6 Å². The highest BCUT2D eigenvalue weighted by Gasteiger charge is 2.32. The van der Waals surface area contributed by atoms with Gasteiger partial charge in [-0.25, -0.2) is 9.97 Å². The smallest absolute Gasteiger partial charge is 0.256 e. The van der Waals surface area contributed by atoms with E-state index in [2.05, 4.69) is 15.1 Å². The van der Waals surface area contributed by atoms with Crippen LogP contribution in [0.4, 0.5) is 0 Å². The number of aromatic nitrogens is 5. The fourth-order valence-electron chi connectivity index (χ4n) is 3.68. The second-order valence-electron chi connectivity index (χ2n) is 7.72. The molecule has 0 saturated carbocycles. The summed E-state index contributed by atoms with van der Waals surface area (Å²) >= 11 is 0. The van der Waals surface area contributed by atoms with Crippen molar-refractivity contribution in [1.82, 2.24) is 29.2 Å². The molecule has 3 aromatic rings. The van der Waals surface area contributed by atoms with Gasteiger partial charge in [-0.3, -0.25) is 18.8 Å². The highest BCUT2D eigenvalue weighted by atomic mass is 16.5. The Balaban J connectivity index is 1.67. The number of imidazole rings is 1. The van der Waals surface area contributed by atoms with Gasteiger partial charge < -0.3 is 15.4 Å². The molecule has 0 atom stereocenters. The minimum absolute atomic E-state index is 0.0400. The van der Waals surface area contributed by atoms with Crippen LogP contribution in [0.2, 0.25) is 0 Å². The summed E-state index contributed by atoms with van der Waals surface area (Å²) in [6.07, 6.45) is 8.00. The number of primary amides is 1. The molecule has 0 aromatic carbocycles. The van der Waals surface area contributed by atoms with E-state index in [0.717, 1.165) is 5.69 Å². The van der Waals surface area contributed by atoms with Gasteiger partial charge in [0.15, 0.2) is 0 Å². The van der Waals surface area contributed by atoms with E-state index in [1.165, 1.54) is 0 Å². The fraction of sp³-hybridized carbons (Fsp3) is 0.381. The van der Waals surface area contributed by atoms with Crippen molar-refractivity contribution in [2.24, 2.45) is 5.73 Å². The first-order chi connectivity index (χ1) is 14.9. The Bertz CT molecular complexity index is 1130. The van der Waals surface area contributed by atoms with Gasteiger partial charge in [-0.2, -0.15) is 5.10 Å². The molecule has 0 unspecified atom stereocenters. The van der Waals surface area contributed by atoms with Gasteiger partial charge in [0.05, 0.1) is 42.4 Å². The topological polar surface area (TPSA) is 121 Å². The van der Waals surface area contributed by atoms with E-state index >= 15 is 0 Å². The third-order valence-electron chi connectivity index (χ3n) is 5.28. The molecule has 2 N–H and O–H groups in total. The molecule has 3 aromatic heterocycles. The average molecular weight is 423 g/mol. The quantitative estimate of drug-likeness (QED) is 0.589. The van der Waals surface area contributed by atoms with Crippen molar-refractivity contribution in [3.8, 4) is 23.0 Å². The Morgan fingerprint density at radius 1 is 1.32 bits per heavy atom. The van der Waals surface area contributed by atoms with Crippen molar-refractivity contribution >= 4 is 11.8 Å². The molecule has 1 aliphatic heterocycles. The van der Waals surface area contributed by atoms with Gasteiger partial charge in [-0.05, 0) is 26.3 Å². The Kier molecular flexibility index (Phi) is 5.45. The highest BCUT2D eigenvalue weighted by Crippen LogP contribution is 2.34. The number of aryl methyl sites for hydroxylation is 1. The molecule has 0 saturated heterocycles. The number of ether oxygens (including phenoxy) is 1. The summed E-state index contributed by atoms with van der Waals surface area (Å²) in [5.74, 6) is 0.644. The number of hydrogen-bond acceptors (Lipinski definition) is 6. The molecule has 0 fully saturated rings. The highest BCUT2D eigenvalue weighted by molar-refractivity contribution is 5.99. The van der Waals surface area contributed by atoms with Gasteiger partial charge in [0.1, 0.15) is 5.82 Å². The number of nitrogens with zero attached hydrogens (tertiary/aromatic N) is 6. The summed E-state index contributed by atoms with van der Waals surface area (Å²) in [7, 11) is 1.55. The lowest BCUT2D eigenvalue weighted by molar-refractivity contribution is -0.118.